The highest BCUT2D eigenvalue weighted by Crippen LogP contribution is 2.55. The van der Waals surface area contributed by atoms with E-state index in [2.05, 4.69) is 21.9 Å². The molecule has 2 aromatic rings. The van der Waals surface area contributed by atoms with Gasteiger partial charge in [0.05, 0.1) is 18.2 Å². The number of carbonyl (C=O) groups excluding carboxylic acids is 1. The summed E-state index contributed by atoms with van der Waals surface area (Å²) >= 11 is 1.20. The Balaban J connectivity index is 1.29. The molecule has 1 amide bonds. The largest absolute Gasteiger partial charge is 0.492 e. The quantitative estimate of drug-likeness (QED) is 0.485. The lowest BCUT2D eigenvalue weighted by molar-refractivity contribution is -0.124. The van der Waals surface area contributed by atoms with Gasteiger partial charge in [-0.1, -0.05) is 13.0 Å². The van der Waals surface area contributed by atoms with E-state index in [4.69, 9.17) is 4.74 Å². The molecule has 7 nitrogen and oxygen atoms in total. The summed E-state index contributed by atoms with van der Waals surface area (Å²) in [7, 11) is 0. The number of halogens is 1. The molecule has 2 unspecified atom stereocenters. The van der Waals surface area contributed by atoms with E-state index in [1.54, 1.807) is 12.1 Å². The van der Waals surface area contributed by atoms with Crippen LogP contribution in [0, 0.1) is 17.7 Å². The summed E-state index contributed by atoms with van der Waals surface area (Å²) in [5.74, 6) is -0.192. The second kappa shape index (κ2) is 9.46. The van der Waals surface area contributed by atoms with Crippen molar-refractivity contribution in [2.24, 2.45) is 11.8 Å². The van der Waals surface area contributed by atoms with Crippen LogP contribution in [0.3, 0.4) is 0 Å². The highest BCUT2D eigenvalue weighted by molar-refractivity contribution is 8.00. The van der Waals surface area contributed by atoms with E-state index in [1.807, 2.05) is 6.07 Å². The van der Waals surface area contributed by atoms with Gasteiger partial charge in [0.1, 0.15) is 17.1 Å². The molecule has 9 heteroatoms. The van der Waals surface area contributed by atoms with Gasteiger partial charge in [0, 0.05) is 23.9 Å². The highest BCUT2D eigenvalue weighted by atomic mass is 32.2. The van der Waals surface area contributed by atoms with E-state index in [9.17, 15) is 19.1 Å². The number of benzene rings is 2. The van der Waals surface area contributed by atoms with Gasteiger partial charge in [0.15, 0.2) is 0 Å². The molecule has 0 spiro atoms. The number of aromatic carboxylic acids is 1. The van der Waals surface area contributed by atoms with Crippen LogP contribution in [-0.4, -0.2) is 48.1 Å². The van der Waals surface area contributed by atoms with Crippen molar-refractivity contribution in [2.75, 3.05) is 31.0 Å². The second-order valence-corrected chi connectivity index (χ2v) is 10.0. The Morgan fingerprint density at radius 2 is 2.15 bits per heavy atom. The van der Waals surface area contributed by atoms with E-state index in [0.717, 1.165) is 38.0 Å². The van der Waals surface area contributed by atoms with Crippen LogP contribution in [0.25, 0.3) is 0 Å². The molecular weight excluding hydrogens is 457 g/mol. The Labute approximate surface area is 202 Å². The Morgan fingerprint density at radius 3 is 2.91 bits per heavy atom. The predicted molar refractivity (Wildman–Crippen MR) is 128 cm³/mol. The van der Waals surface area contributed by atoms with Crippen molar-refractivity contribution in [1.82, 2.24) is 10.2 Å². The fraction of sp³-hybridized carbons (Fsp3) is 0.440. The van der Waals surface area contributed by atoms with Crippen LogP contribution in [0.4, 0.5) is 10.1 Å². The van der Waals surface area contributed by atoms with Gasteiger partial charge < -0.3 is 24.8 Å². The number of hydrogen-bond acceptors (Lipinski definition) is 6. The maximum absolute atomic E-state index is 14.0. The Bertz CT molecular complexity index is 1130. The monoisotopic (exact) mass is 485 g/mol. The van der Waals surface area contributed by atoms with E-state index < -0.39 is 5.97 Å². The van der Waals surface area contributed by atoms with Gasteiger partial charge in [-0.3, -0.25) is 4.79 Å². The molecule has 2 aromatic carbocycles. The number of amides is 1. The smallest absolute Gasteiger partial charge is 0.341 e. The number of fused-ring (bicyclic) bond motifs is 3. The van der Waals surface area contributed by atoms with Crippen LogP contribution < -0.4 is 14.8 Å². The van der Waals surface area contributed by atoms with Gasteiger partial charge in [-0.05, 0) is 79.2 Å². The average molecular weight is 486 g/mol. The number of carboxylic acid groups (broad SMARTS) is 1. The summed E-state index contributed by atoms with van der Waals surface area (Å²) in [5, 5.41) is 12.8. The predicted octanol–water partition coefficient (Wildman–Crippen LogP) is 4.10. The number of nitrogens with zero attached hydrogens (tertiary/aromatic N) is 1. The number of carbonyl (C=O) groups is 2. The maximum atomic E-state index is 14.0. The summed E-state index contributed by atoms with van der Waals surface area (Å²) in [6.07, 6.45) is 1.86. The SMILES string of the molecule is CCN1CC[C@H](C(=O)NCc2cc(F)ccc2SNc2ccc3c(c2C(=O)O)OCC2CC32)C1. The molecule has 5 rings (SSSR count). The fourth-order valence-electron chi connectivity index (χ4n) is 4.90. The van der Waals surface area contributed by atoms with Crippen molar-refractivity contribution in [1.29, 1.82) is 0 Å². The summed E-state index contributed by atoms with van der Waals surface area (Å²) in [6.45, 7) is 5.41. The molecule has 34 heavy (non-hydrogen) atoms. The maximum Gasteiger partial charge on any atom is 0.341 e. The number of anilines is 1. The minimum atomic E-state index is -1.05. The topological polar surface area (TPSA) is 90.9 Å². The lowest BCUT2D eigenvalue weighted by atomic mass is 10.0. The van der Waals surface area contributed by atoms with Gasteiger partial charge in [-0.15, -0.1) is 0 Å². The molecule has 2 heterocycles. The van der Waals surface area contributed by atoms with Crippen LogP contribution >= 0.6 is 11.9 Å². The minimum Gasteiger partial charge on any atom is -0.492 e. The zero-order valence-electron chi connectivity index (χ0n) is 19.0. The summed E-state index contributed by atoms with van der Waals surface area (Å²) in [6, 6.07) is 8.09. The zero-order valence-corrected chi connectivity index (χ0v) is 19.8. The molecule has 2 fully saturated rings. The van der Waals surface area contributed by atoms with E-state index in [0.29, 0.717) is 40.3 Å². The molecule has 3 N–H and O–H groups in total. The number of ether oxygens (including phenoxy) is 1. The van der Waals surface area contributed by atoms with E-state index >= 15 is 0 Å². The molecular formula is C25H28FN3O4S. The van der Waals surface area contributed by atoms with Gasteiger partial charge in [-0.2, -0.15) is 0 Å². The first-order valence-corrected chi connectivity index (χ1v) is 12.5. The van der Waals surface area contributed by atoms with Crippen LogP contribution in [0.5, 0.6) is 5.75 Å². The highest BCUT2D eigenvalue weighted by Gasteiger charge is 2.45. The molecule has 1 aliphatic carbocycles. The molecule has 1 saturated carbocycles. The Kier molecular flexibility index (Phi) is 6.40. The number of rotatable bonds is 8. The van der Waals surface area contributed by atoms with Gasteiger partial charge in [-0.25, -0.2) is 9.18 Å². The van der Waals surface area contributed by atoms with Crippen molar-refractivity contribution < 1.29 is 23.8 Å². The van der Waals surface area contributed by atoms with Crippen molar-refractivity contribution in [3.05, 3.63) is 52.8 Å². The number of nitrogens with one attached hydrogen (secondary N) is 2. The molecule has 0 aromatic heterocycles. The first-order chi connectivity index (χ1) is 16.4. The number of likely N-dealkylation sites (tertiary alicyclic amines) is 1. The van der Waals surface area contributed by atoms with Crippen molar-refractivity contribution in [3.63, 3.8) is 0 Å². The van der Waals surface area contributed by atoms with Crippen LogP contribution in [-0.2, 0) is 11.3 Å². The summed E-state index contributed by atoms with van der Waals surface area (Å²) in [5.41, 5.74) is 2.14. The van der Waals surface area contributed by atoms with Gasteiger partial charge in [0.25, 0.3) is 0 Å². The Hall–Kier alpha value is -2.78. The van der Waals surface area contributed by atoms with Crippen LogP contribution in [0.2, 0.25) is 0 Å². The number of carboxylic acids is 1. The third-order valence-corrected chi connectivity index (χ3v) is 7.94. The van der Waals surface area contributed by atoms with Crippen LogP contribution in [0.15, 0.2) is 35.2 Å². The summed E-state index contributed by atoms with van der Waals surface area (Å²) in [4.78, 5) is 27.6. The molecule has 180 valence electrons. The molecule has 3 atom stereocenters. The van der Waals surface area contributed by atoms with Gasteiger partial charge in [0.2, 0.25) is 5.91 Å². The Morgan fingerprint density at radius 1 is 1.29 bits per heavy atom. The molecule has 0 radical (unpaired) electrons. The van der Waals surface area contributed by atoms with E-state index in [1.165, 1.54) is 24.1 Å². The van der Waals surface area contributed by atoms with Gasteiger partial charge >= 0.3 is 5.97 Å². The lowest BCUT2D eigenvalue weighted by Gasteiger charge is -2.21. The zero-order chi connectivity index (χ0) is 23.8. The lowest BCUT2D eigenvalue weighted by Crippen LogP contribution is -2.32. The standard InChI is InChI=1S/C25H28FN3O4S/c1-2-29-8-7-14(12-29)24(30)27-11-15-9-17(26)3-6-21(15)34-28-20-5-4-18-19-10-16(19)13-33-23(18)22(20)25(31)32/h3-6,9,14,16,19,28H,2,7-8,10-13H2,1H3,(H,27,30)(H,31,32)/t14-,16?,19?/m0/s1. The van der Waals surface area contributed by atoms with Crippen molar-refractivity contribution in [3.8, 4) is 5.75 Å². The van der Waals surface area contributed by atoms with Crippen LogP contribution in [0.1, 0.15) is 47.2 Å². The molecule has 2 aliphatic heterocycles. The average Bonchev–Trinajstić information content (AvgIpc) is 3.48. The van der Waals surface area contributed by atoms with E-state index in [-0.39, 0.29) is 29.8 Å². The van der Waals surface area contributed by atoms with Crippen molar-refractivity contribution >= 4 is 29.5 Å². The number of hydrogen-bond donors (Lipinski definition) is 3. The first-order valence-electron chi connectivity index (χ1n) is 11.7. The van der Waals surface area contributed by atoms with Crippen molar-refractivity contribution in [2.45, 2.75) is 37.1 Å². The first kappa shape index (κ1) is 23.0. The third-order valence-electron chi connectivity index (χ3n) is 7.00. The molecule has 1 saturated heterocycles. The molecule has 3 aliphatic rings. The fourth-order valence-corrected chi connectivity index (χ4v) is 5.69. The second-order valence-electron chi connectivity index (χ2n) is 9.18. The summed E-state index contributed by atoms with van der Waals surface area (Å²) < 4.78 is 22.9. The molecule has 0 bridgehead atoms. The minimum absolute atomic E-state index is 0.0255. The third kappa shape index (κ3) is 4.59. The normalized spacial score (nSPS) is 22.9.